The Bertz CT molecular complexity index is 1410. The van der Waals surface area contributed by atoms with E-state index in [1.807, 2.05) is 12.1 Å². The molecule has 0 aliphatic carbocycles. The van der Waals surface area contributed by atoms with Crippen molar-refractivity contribution in [3.05, 3.63) is 95.6 Å². The van der Waals surface area contributed by atoms with E-state index in [9.17, 15) is 19.2 Å². The second kappa shape index (κ2) is 15.8. The number of nitrogens with zero attached hydrogens (tertiary/aromatic N) is 1. The van der Waals surface area contributed by atoms with E-state index in [4.69, 9.17) is 23.7 Å². The van der Waals surface area contributed by atoms with E-state index in [1.54, 1.807) is 87.5 Å². The van der Waals surface area contributed by atoms with Gasteiger partial charge in [0.05, 0.1) is 19.9 Å². The molecule has 0 heterocycles. The number of carbonyl (C=O) groups excluding carboxylic acids is 4. The molecule has 0 unspecified atom stereocenters. The number of amides is 3. The van der Waals surface area contributed by atoms with Crippen LogP contribution in [0.25, 0.3) is 0 Å². The van der Waals surface area contributed by atoms with Gasteiger partial charge < -0.3 is 23.7 Å². The fourth-order valence-electron chi connectivity index (χ4n) is 3.93. The van der Waals surface area contributed by atoms with Crippen molar-refractivity contribution in [1.29, 1.82) is 0 Å². The Morgan fingerprint density at radius 1 is 0.773 bits per heavy atom. The second-order valence-electron chi connectivity index (χ2n) is 10.5. The minimum atomic E-state index is -1.39. The number of benzene rings is 3. The van der Waals surface area contributed by atoms with E-state index < -0.39 is 35.9 Å². The first-order valence-electron chi connectivity index (χ1n) is 13.7. The third-order valence-corrected chi connectivity index (χ3v) is 5.94. The Morgan fingerprint density at radius 2 is 1.36 bits per heavy atom. The summed E-state index contributed by atoms with van der Waals surface area (Å²) < 4.78 is 26.4. The zero-order chi connectivity index (χ0) is 32.1. The number of hydrogen-bond acceptors (Lipinski definition) is 9. The fraction of sp³-hybridized carbons (Fsp3) is 0.312. The number of ether oxygens (including phenoxy) is 5. The van der Waals surface area contributed by atoms with Gasteiger partial charge in [0.15, 0.2) is 6.04 Å². The van der Waals surface area contributed by atoms with Crippen LogP contribution in [0, 0.1) is 0 Å². The van der Waals surface area contributed by atoms with E-state index in [-0.39, 0.29) is 25.3 Å². The zero-order valence-electron chi connectivity index (χ0n) is 25.3. The average molecular weight is 608 g/mol. The predicted octanol–water partition coefficient (Wildman–Crippen LogP) is 5.61. The van der Waals surface area contributed by atoms with Crippen LogP contribution in [0.3, 0.4) is 0 Å². The molecule has 0 spiro atoms. The Kier molecular flexibility index (Phi) is 12.0. The lowest BCUT2D eigenvalue weighted by Crippen LogP contribution is -2.56. The van der Waals surface area contributed by atoms with Crippen LogP contribution in [-0.4, -0.2) is 55.1 Å². The summed E-state index contributed by atoms with van der Waals surface area (Å²) in [5.74, 6) is -0.515. The van der Waals surface area contributed by atoms with Crippen molar-refractivity contribution in [1.82, 2.24) is 10.4 Å². The Hall–Kier alpha value is -5.26. The Balaban J connectivity index is 1.87. The van der Waals surface area contributed by atoms with Crippen molar-refractivity contribution in [2.45, 2.75) is 52.0 Å². The van der Waals surface area contributed by atoms with Gasteiger partial charge in [0.2, 0.25) is 0 Å². The Labute approximate surface area is 256 Å². The number of hydrazine groups is 1. The molecule has 44 heavy (non-hydrogen) atoms. The van der Waals surface area contributed by atoms with Crippen LogP contribution in [0.2, 0.25) is 0 Å². The van der Waals surface area contributed by atoms with Crippen LogP contribution in [0.5, 0.6) is 5.75 Å². The topological polar surface area (TPSA) is 142 Å². The number of anilines is 1. The number of hydrogen-bond donors (Lipinski definition) is 2. The molecule has 0 aromatic heterocycles. The van der Waals surface area contributed by atoms with Crippen molar-refractivity contribution < 1.29 is 42.9 Å². The van der Waals surface area contributed by atoms with Gasteiger partial charge in [-0.3, -0.25) is 5.32 Å². The summed E-state index contributed by atoms with van der Waals surface area (Å²) in [7, 11) is 2.59. The van der Waals surface area contributed by atoms with Gasteiger partial charge in [0, 0.05) is 6.42 Å². The highest BCUT2D eigenvalue weighted by molar-refractivity contribution is 5.87. The van der Waals surface area contributed by atoms with Gasteiger partial charge in [-0.25, -0.2) is 29.6 Å². The van der Waals surface area contributed by atoms with Crippen LogP contribution >= 0.6 is 0 Å². The van der Waals surface area contributed by atoms with E-state index in [2.05, 4.69) is 10.7 Å². The summed E-state index contributed by atoms with van der Waals surface area (Å²) in [6.45, 7) is 4.97. The molecule has 1 atom stereocenters. The highest BCUT2D eigenvalue weighted by atomic mass is 16.6. The first-order chi connectivity index (χ1) is 21.0. The maximum atomic E-state index is 13.4. The van der Waals surface area contributed by atoms with Gasteiger partial charge in [0.1, 0.15) is 24.6 Å². The molecule has 2 N–H and O–H groups in total. The summed E-state index contributed by atoms with van der Waals surface area (Å²) in [5.41, 5.74) is 3.74. The maximum Gasteiger partial charge on any atom is 0.429 e. The predicted molar refractivity (Wildman–Crippen MR) is 161 cm³/mol. The van der Waals surface area contributed by atoms with E-state index >= 15 is 0 Å². The van der Waals surface area contributed by atoms with E-state index in [0.29, 0.717) is 22.4 Å². The molecule has 3 aromatic carbocycles. The van der Waals surface area contributed by atoms with Crippen LogP contribution in [0.1, 0.15) is 37.5 Å². The summed E-state index contributed by atoms with van der Waals surface area (Å²) in [6, 6.07) is 21.2. The highest BCUT2D eigenvalue weighted by Crippen LogP contribution is 2.27. The first-order valence-corrected chi connectivity index (χ1v) is 13.7. The summed E-state index contributed by atoms with van der Waals surface area (Å²) in [4.78, 5) is 51.7. The minimum absolute atomic E-state index is 0.0827. The van der Waals surface area contributed by atoms with E-state index in [1.165, 1.54) is 7.11 Å². The molecule has 0 fully saturated rings. The van der Waals surface area contributed by atoms with Gasteiger partial charge in [-0.2, -0.15) is 0 Å². The third-order valence-electron chi connectivity index (χ3n) is 5.94. The lowest BCUT2D eigenvalue weighted by molar-refractivity contribution is -0.147. The number of methoxy groups -OCH3 is 2. The molecule has 0 radical (unpaired) electrons. The van der Waals surface area contributed by atoms with E-state index in [0.717, 1.165) is 12.1 Å². The van der Waals surface area contributed by atoms with Gasteiger partial charge >= 0.3 is 24.2 Å². The van der Waals surface area contributed by atoms with Crippen molar-refractivity contribution in [3.63, 3.8) is 0 Å². The number of rotatable bonds is 10. The number of carbonyl (C=O) groups is 4. The molecule has 0 saturated heterocycles. The number of esters is 1. The molecular formula is C32H37N3O9. The number of nitrogens with one attached hydrogen (secondary N) is 2. The molecule has 234 valence electrons. The molecular weight excluding hydrogens is 570 g/mol. The van der Waals surface area contributed by atoms with Crippen molar-refractivity contribution in [3.8, 4) is 5.75 Å². The van der Waals surface area contributed by atoms with Crippen molar-refractivity contribution in [2.75, 3.05) is 19.5 Å². The molecule has 12 heteroatoms. The maximum absolute atomic E-state index is 13.4. The smallest absolute Gasteiger partial charge is 0.429 e. The first kappa shape index (κ1) is 33.2. The van der Waals surface area contributed by atoms with Crippen LogP contribution in [0.4, 0.5) is 20.1 Å². The van der Waals surface area contributed by atoms with Crippen molar-refractivity contribution >= 4 is 29.9 Å². The lowest BCUT2D eigenvalue weighted by Gasteiger charge is -2.29. The second-order valence-corrected chi connectivity index (χ2v) is 10.5. The molecule has 0 aliphatic rings. The van der Waals surface area contributed by atoms with Crippen molar-refractivity contribution in [2.24, 2.45) is 0 Å². The molecule has 12 nitrogen and oxygen atoms in total. The third kappa shape index (κ3) is 10.5. The summed E-state index contributed by atoms with van der Waals surface area (Å²) in [5, 5.41) is 3.36. The quantitative estimate of drug-likeness (QED) is 0.171. The summed E-state index contributed by atoms with van der Waals surface area (Å²) in [6.07, 6.45) is -2.90. The highest BCUT2D eigenvalue weighted by Gasteiger charge is 2.35. The molecule has 3 aromatic rings. The monoisotopic (exact) mass is 607 g/mol. The molecule has 0 saturated carbocycles. The zero-order valence-corrected chi connectivity index (χ0v) is 25.3. The standard InChI is InChI=1S/C32H37N3O9/c1-32(2,3)44-29(37)33-25-18-24(16-17-27(25)40-4)19-26(28(36)41-5)35(31(39)43-21-23-14-10-7-11-15-23)34-30(38)42-20-22-12-8-6-9-13-22/h6-18,26H,19-21H2,1-5H3,(H,33,37)(H,34,38)/t26-/m0/s1. The molecule has 3 rings (SSSR count). The van der Waals surface area contributed by atoms with Gasteiger partial charge in [-0.1, -0.05) is 66.7 Å². The Morgan fingerprint density at radius 3 is 1.91 bits per heavy atom. The van der Waals surface area contributed by atoms with Gasteiger partial charge in [-0.05, 0) is 49.6 Å². The summed E-state index contributed by atoms with van der Waals surface area (Å²) >= 11 is 0. The fourth-order valence-corrected chi connectivity index (χ4v) is 3.93. The average Bonchev–Trinajstić information content (AvgIpc) is 3.00. The normalized spacial score (nSPS) is 11.4. The molecule has 3 amide bonds. The van der Waals surface area contributed by atoms with Gasteiger partial charge in [-0.15, -0.1) is 0 Å². The van der Waals surface area contributed by atoms with Crippen LogP contribution in [-0.2, 0) is 43.4 Å². The largest absolute Gasteiger partial charge is 0.495 e. The van der Waals surface area contributed by atoms with Crippen LogP contribution < -0.4 is 15.5 Å². The van der Waals surface area contributed by atoms with Gasteiger partial charge in [0.25, 0.3) is 0 Å². The minimum Gasteiger partial charge on any atom is -0.495 e. The lowest BCUT2D eigenvalue weighted by atomic mass is 10.0. The SMILES string of the molecule is COC(=O)[C@H](Cc1ccc(OC)c(NC(=O)OC(C)(C)C)c1)N(NC(=O)OCc1ccccc1)C(=O)OCc1ccccc1. The molecule has 0 bridgehead atoms. The van der Waals surface area contributed by atoms with Crippen LogP contribution in [0.15, 0.2) is 78.9 Å². The molecule has 0 aliphatic heterocycles.